The number of aromatic nitrogens is 1. The van der Waals surface area contributed by atoms with Crippen LogP contribution >= 0.6 is 15.9 Å². The van der Waals surface area contributed by atoms with E-state index in [9.17, 15) is 9.59 Å². The van der Waals surface area contributed by atoms with E-state index in [0.29, 0.717) is 17.2 Å². The number of esters is 1. The standard InChI is InChI=1S/C13H12BrNO3/c1-3-18-13(17)12-8(6-16)10-9(14)5-4-7(2)11(10)15-12/h4-6,15H,3H2,1-2H3. The minimum Gasteiger partial charge on any atom is -0.461 e. The molecule has 0 radical (unpaired) electrons. The predicted octanol–water partition coefficient (Wildman–Crippen LogP) is 3.23. The quantitative estimate of drug-likeness (QED) is 0.699. The van der Waals surface area contributed by atoms with Gasteiger partial charge in [-0.2, -0.15) is 0 Å². The van der Waals surface area contributed by atoms with Crippen LogP contribution in [-0.4, -0.2) is 23.8 Å². The summed E-state index contributed by atoms with van der Waals surface area (Å²) in [5.74, 6) is -0.512. The molecule has 94 valence electrons. The van der Waals surface area contributed by atoms with Gasteiger partial charge in [0.15, 0.2) is 6.29 Å². The van der Waals surface area contributed by atoms with E-state index >= 15 is 0 Å². The molecule has 18 heavy (non-hydrogen) atoms. The number of H-pyrrole nitrogens is 1. The number of fused-ring (bicyclic) bond motifs is 1. The highest BCUT2D eigenvalue weighted by Gasteiger charge is 2.20. The van der Waals surface area contributed by atoms with E-state index < -0.39 is 5.97 Å². The average molecular weight is 310 g/mol. The molecule has 1 N–H and O–H groups in total. The number of ether oxygens (including phenoxy) is 1. The van der Waals surface area contributed by atoms with Gasteiger partial charge in [0.05, 0.1) is 17.7 Å². The molecule has 0 fully saturated rings. The molecule has 0 saturated heterocycles. The van der Waals surface area contributed by atoms with Crippen molar-refractivity contribution >= 4 is 39.1 Å². The molecule has 0 aliphatic carbocycles. The largest absolute Gasteiger partial charge is 0.461 e. The van der Waals surface area contributed by atoms with Crippen LogP contribution in [0.15, 0.2) is 16.6 Å². The molecule has 0 aliphatic heterocycles. The van der Waals surface area contributed by atoms with E-state index in [1.54, 1.807) is 6.92 Å². The molecule has 1 aromatic carbocycles. The number of nitrogens with one attached hydrogen (secondary N) is 1. The molecule has 1 aromatic heterocycles. The Morgan fingerprint density at radius 2 is 2.22 bits per heavy atom. The Hall–Kier alpha value is -1.62. The Labute approximate surface area is 112 Å². The van der Waals surface area contributed by atoms with Gasteiger partial charge in [-0.15, -0.1) is 0 Å². The maximum Gasteiger partial charge on any atom is 0.355 e. The zero-order valence-electron chi connectivity index (χ0n) is 10.0. The zero-order chi connectivity index (χ0) is 13.3. The SMILES string of the molecule is CCOC(=O)c1[nH]c2c(C)ccc(Br)c2c1C=O. The molecule has 4 nitrogen and oxygen atoms in total. The summed E-state index contributed by atoms with van der Waals surface area (Å²) < 4.78 is 5.71. The lowest BCUT2D eigenvalue weighted by Gasteiger charge is -1.99. The fourth-order valence-electron chi connectivity index (χ4n) is 1.91. The lowest BCUT2D eigenvalue weighted by molar-refractivity contribution is 0.0518. The van der Waals surface area contributed by atoms with Gasteiger partial charge in [0.2, 0.25) is 0 Å². The van der Waals surface area contributed by atoms with Crippen LogP contribution in [0.5, 0.6) is 0 Å². The third-order valence-corrected chi connectivity index (χ3v) is 3.41. The topological polar surface area (TPSA) is 59.2 Å². The second kappa shape index (κ2) is 4.94. The summed E-state index contributed by atoms with van der Waals surface area (Å²) in [5.41, 5.74) is 2.28. The summed E-state index contributed by atoms with van der Waals surface area (Å²) in [4.78, 5) is 26.0. The van der Waals surface area contributed by atoms with Crippen LogP contribution in [0.1, 0.15) is 33.3 Å². The third kappa shape index (κ3) is 1.95. The van der Waals surface area contributed by atoms with Crippen LogP contribution < -0.4 is 0 Å². The fourth-order valence-corrected chi connectivity index (χ4v) is 2.45. The van der Waals surface area contributed by atoms with Gasteiger partial charge in [0.25, 0.3) is 0 Å². The first-order valence-electron chi connectivity index (χ1n) is 5.53. The number of aryl methyl sites for hydroxylation is 1. The van der Waals surface area contributed by atoms with Crippen LogP contribution in [0.3, 0.4) is 0 Å². The molecule has 0 saturated carbocycles. The molecule has 0 spiro atoms. The van der Waals surface area contributed by atoms with Crippen LogP contribution in [0.2, 0.25) is 0 Å². The summed E-state index contributed by atoms with van der Waals surface area (Å²) in [6.07, 6.45) is 0.676. The predicted molar refractivity (Wildman–Crippen MR) is 72.1 cm³/mol. The molecule has 5 heteroatoms. The summed E-state index contributed by atoms with van der Waals surface area (Å²) >= 11 is 3.39. The van der Waals surface area contributed by atoms with Crippen molar-refractivity contribution in [2.75, 3.05) is 6.61 Å². The van der Waals surface area contributed by atoms with E-state index in [1.807, 2.05) is 19.1 Å². The molecule has 0 aliphatic rings. The first kappa shape index (κ1) is 12.8. The van der Waals surface area contributed by atoms with Crippen LogP contribution in [-0.2, 0) is 4.74 Å². The van der Waals surface area contributed by atoms with Crippen molar-refractivity contribution in [2.45, 2.75) is 13.8 Å². The number of carbonyl (C=O) groups is 2. The monoisotopic (exact) mass is 309 g/mol. The van der Waals surface area contributed by atoms with Crippen LogP contribution in [0, 0.1) is 6.92 Å². The lowest BCUT2D eigenvalue weighted by Crippen LogP contribution is -2.07. The lowest BCUT2D eigenvalue weighted by atomic mass is 10.1. The number of hydrogen-bond acceptors (Lipinski definition) is 3. The van der Waals surface area contributed by atoms with Gasteiger partial charge in [-0.25, -0.2) is 4.79 Å². The number of rotatable bonds is 3. The maximum absolute atomic E-state index is 11.8. The number of halogens is 1. The Kier molecular flexibility index (Phi) is 3.52. The Bertz CT molecular complexity index is 631. The normalized spacial score (nSPS) is 10.6. The number of hydrogen-bond donors (Lipinski definition) is 1. The first-order valence-corrected chi connectivity index (χ1v) is 6.32. The Morgan fingerprint density at radius 3 is 2.83 bits per heavy atom. The van der Waals surface area contributed by atoms with Crippen molar-refractivity contribution in [3.63, 3.8) is 0 Å². The van der Waals surface area contributed by atoms with Gasteiger partial charge in [-0.3, -0.25) is 4.79 Å². The van der Waals surface area contributed by atoms with Crippen molar-refractivity contribution < 1.29 is 14.3 Å². The van der Waals surface area contributed by atoms with Crippen LogP contribution in [0.25, 0.3) is 10.9 Å². The maximum atomic E-state index is 11.8. The van der Waals surface area contributed by atoms with Gasteiger partial charge in [-0.1, -0.05) is 22.0 Å². The molecule has 0 bridgehead atoms. The van der Waals surface area contributed by atoms with E-state index in [-0.39, 0.29) is 12.3 Å². The average Bonchev–Trinajstić information content (AvgIpc) is 2.74. The molecule has 0 amide bonds. The van der Waals surface area contributed by atoms with Crippen molar-refractivity contribution in [2.24, 2.45) is 0 Å². The van der Waals surface area contributed by atoms with Crippen molar-refractivity contribution in [1.29, 1.82) is 0 Å². The zero-order valence-corrected chi connectivity index (χ0v) is 11.6. The van der Waals surface area contributed by atoms with Gasteiger partial charge < -0.3 is 9.72 Å². The summed E-state index contributed by atoms with van der Waals surface area (Å²) in [6.45, 7) is 3.91. The third-order valence-electron chi connectivity index (χ3n) is 2.75. The molecule has 2 rings (SSSR count). The van der Waals surface area contributed by atoms with Crippen molar-refractivity contribution in [1.82, 2.24) is 4.98 Å². The fraction of sp³-hybridized carbons (Fsp3) is 0.231. The Balaban J connectivity index is 2.76. The first-order chi connectivity index (χ1) is 8.60. The minimum absolute atomic E-state index is 0.205. The molecular formula is C13H12BrNO3. The molecular weight excluding hydrogens is 298 g/mol. The van der Waals surface area contributed by atoms with E-state index in [4.69, 9.17) is 4.74 Å². The van der Waals surface area contributed by atoms with E-state index in [0.717, 1.165) is 15.6 Å². The van der Waals surface area contributed by atoms with Gasteiger partial charge >= 0.3 is 5.97 Å². The molecule has 1 heterocycles. The Morgan fingerprint density at radius 1 is 1.50 bits per heavy atom. The minimum atomic E-state index is -0.512. The van der Waals surface area contributed by atoms with E-state index in [2.05, 4.69) is 20.9 Å². The second-order valence-corrected chi connectivity index (χ2v) is 4.72. The van der Waals surface area contributed by atoms with Gasteiger partial charge in [0.1, 0.15) is 5.69 Å². The second-order valence-electron chi connectivity index (χ2n) is 3.87. The van der Waals surface area contributed by atoms with E-state index in [1.165, 1.54) is 0 Å². The number of benzene rings is 1. The highest BCUT2D eigenvalue weighted by atomic mass is 79.9. The highest BCUT2D eigenvalue weighted by Crippen LogP contribution is 2.31. The summed E-state index contributed by atoms with van der Waals surface area (Å²) in [5, 5.41) is 0.716. The van der Waals surface area contributed by atoms with Gasteiger partial charge in [0, 0.05) is 9.86 Å². The molecule has 2 aromatic rings. The number of carbonyl (C=O) groups excluding carboxylic acids is 2. The smallest absolute Gasteiger partial charge is 0.355 e. The van der Waals surface area contributed by atoms with Crippen molar-refractivity contribution in [3.8, 4) is 0 Å². The molecule has 0 unspecified atom stereocenters. The number of aldehydes is 1. The molecule has 0 atom stereocenters. The van der Waals surface area contributed by atoms with Gasteiger partial charge in [-0.05, 0) is 25.5 Å². The number of aromatic amines is 1. The summed E-state index contributed by atoms with van der Waals surface area (Å²) in [7, 11) is 0. The van der Waals surface area contributed by atoms with Crippen LogP contribution in [0.4, 0.5) is 0 Å². The van der Waals surface area contributed by atoms with Crippen molar-refractivity contribution in [3.05, 3.63) is 33.4 Å². The summed E-state index contributed by atoms with van der Waals surface area (Å²) in [6, 6.07) is 3.76. The highest BCUT2D eigenvalue weighted by molar-refractivity contribution is 9.10.